The van der Waals surface area contributed by atoms with E-state index in [0.29, 0.717) is 6.54 Å². The number of anilines is 1. The number of nitrogens with zero attached hydrogens (tertiary/aromatic N) is 1. The Hall–Kier alpha value is -1.18. The highest BCUT2D eigenvalue weighted by molar-refractivity contribution is 7.89. The smallest absolute Gasteiger partial charge is 0.240 e. The fraction of sp³-hybridized carbons (Fsp3) is 0.455. The number of likely N-dealkylation sites (N-methyl/N-ethyl adjacent to an activating group) is 1. The van der Waals surface area contributed by atoms with E-state index in [9.17, 15) is 12.8 Å². The number of nitrogens with one attached hydrogen (secondary N) is 1. The minimum Gasteiger partial charge on any atom is -0.396 e. The van der Waals surface area contributed by atoms with Crippen LogP contribution in [0.2, 0.25) is 0 Å². The van der Waals surface area contributed by atoms with Gasteiger partial charge in [-0.1, -0.05) is 6.92 Å². The second-order valence-corrected chi connectivity index (χ2v) is 5.74. The molecule has 1 aromatic rings. The zero-order valence-electron chi connectivity index (χ0n) is 10.5. The Labute approximate surface area is 107 Å². The van der Waals surface area contributed by atoms with Crippen molar-refractivity contribution in [3.05, 3.63) is 24.0 Å². The summed E-state index contributed by atoms with van der Waals surface area (Å²) < 4.78 is 39.3. The van der Waals surface area contributed by atoms with Crippen molar-refractivity contribution >= 4 is 15.7 Å². The highest BCUT2D eigenvalue weighted by Gasteiger charge is 2.15. The molecule has 0 saturated carbocycles. The number of benzene rings is 1. The summed E-state index contributed by atoms with van der Waals surface area (Å²) in [5.41, 5.74) is 5.22. The van der Waals surface area contributed by atoms with E-state index in [1.807, 2.05) is 18.9 Å². The lowest BCUT2D eigenvalue weighted by molar-refractivity contribution is 0.358. The molecule has 0 amide bonds. The van der Waals surface area contributed by atoms with Crippen LogP contribution in [-0.2, 0) is 10.0 Å². The molecule has 0 unspecified atom stereocenters. The summed E-state index contributed by atoms with van der Waals surface area (Å²) in [5.74, 6) is -0.733. The van der Waals surface area contributed by atoms with Crippen molar-refractivity contribution in [3.63, 3.8) is 0 Å². The minimum absolute atomic E-state index is 0.0698. The van der Waals surface area contributed by atoms with Gasteiger partial charge in [-0.25, -0.2) is 17.5 Å². The Balaban J connectivity index is 2.71. The number of sulfonamides is 1. The molecule has 3 N–H and O–H groups in total. The Bertz CT molecular complexity index is 505. The largest absolute Gasteiger partial charge is 0.396 e. The van der Waals surface area contributed by atoms with Crippen LogP contribution in [0.5, 0.6) is 0 Å². The Morgan fingerprint density at radius 2 is 2.11 bits per heavy atom. The fourth-order valence-corrected chi connectivity index (χ4v) is 2.32. The van der Waals surface area contributed by atoms with Gasteiger partial charge < -0.3 is 10.6 Å². The molecule has 0 radical (unpaired) electrons. The monoisotopic (exact) mass is 275 g/mol. The maximum Gasteiger partial charge on any atom is 0.240 e. The Kier molecular flexibility index (Phi) is 5.06. The first-order chi connectivity index (χ1) is 8.36. The first kappa shape index (κ1) is 14.9. The van der Waals surface area contributed by atoms with E-state index in [-0.39, 0.29) is 17.1 Å². The lowest BCUT2D eigenvalue weighted by Crippen LogP contribution is -2.32. The molecule has 102 valence electrons. The van der Waals surface area contributed by atoms with E-state index < -0.39 is 15.8 Å². The van der Waals surface area contributed by atoms with Gasteiger partial charge in [0.15, 0.2) is 0 Å². The topological polar surface area (TPSA) is 75.4 Å². The van der Waals surface area contributed by atoms with Gasteiger partial charge in [0.2, 0.25) is 10.0 Å². The molecule has 1 aromatic carbocycles. The van der Waals surface area contributed by atoms with Crippen LogP contribution in [0, 0.1) is 5.82 Å². The van der Waals surface area contributed by atoms with Crippen LogP contribution in [0.4, 0.5) is 10.1 Å². The van der Waals surface area contributed by atoms with Crippen molar-refractivity contribution in [2.24, 2.45) is 0 Å². The average molecular weight is 275 g/mol. The van der Waals surface area contributed by atoms with Crippen molar-refractivity contribution < 1.29 is 12.8 Å². The van der Waals surface area contributed by atoms with Crippen LogP contribution < -0.4 is 10.5 Å². The summed E-state index contributed by atoms with van der Waals surface area (Å²) in [6.45, 7) is 3.67. The molecule has 0 heterocycles. The summed E-state index contributed by atoms with van der Waals surface area (Å²) in [5, 5.41) is 0. The fourth-order valence-electron chi connectivity index (χ4n) is 1.29. The highest BCUT2D eigenvalue weighted by Crippen LogP contribution is 2.15. The third-order valence-electron chi connectivity index (χ3n) is 2.61. The molecule has 0 aliphatic rings. The van der Waals surface area contributed by atoms with E-state index in [2.05, 4.69) is 4.72 Å². The first-order valence-electron chi connectivity index (χ1n) is 5.60. The molecule has 0 atom stereocenters. The van der Waals surface area contributed by atoms with Gasteiger partial charge in [0.1, 0.15) is 5.82 Å². The number of halogens is 1. The number of rotatable bonds is 6. The molecule has 7 heteroatoms. The van der Waals surface area contributed by atoms with Crippen LogP contribution in [0.1, 0.15) is 6.92 Å². The van der Waals surface area contributed by atoms with E-state index >= 15 is 0 Å². The van der Waals surface area contributed by atoms with Crippen molar-refractivity contribution in [2.75, 3.05) is 32.4 Å². The van der Waals surface area contributed by atoms with E-state index in [1.165, 1.54) is 12.1 Å². The van der Waals surface area contributed by atoms with Gasteiger partial charge in [0, 0.05) is 13.1 Å². The molecule has 0 spiro atoms. The zero-order chi connectivity index (χ0) is 13.8. The predicted octanol–water partition coefficient (Wildman–Crippen LogP) is 0.638. The van der Waals surface area contributed by atoms with Gasteiger partial charge in [-0.15, -0.1) is 0 Å². The molecule has 0 saturated heterocycles. The second-order valence-electron chi connectivity index (χ2n) is 3.98. The number of hydrogen-bond donors (Lipinski definition) is 2. The minimum atomic E-state index is -3.68. The molecule has 1 rings (SSSR count). The van der Waals surface area contributed by atoms with Crippen molar-refractivity contribution in [2.45, 2.75) is 11.8 Å². The summed E-state index contributed by atoms with van der Waals surface area (Å²) in [6, 6.07) is 3.44. The van der Waals surface area contributed by atoms with Gasteiger partial charge in [-0.05, 0) is 31.8 Å². The molecular weight excluding hydrogens is 257 g/mol. The maximum atomic E-state index is 13.2. The Morgan fingerprint density at radius 1 is 1.44 bits per heavy atom. The van der Waals surface area contributed by atoms with Crippen molar-refractivity contribution in [1.29, 1.82) is 0 Å². The maximum absolute atomic E-state index is 13.2. The summed E-state index contributed by atoms with van der Waals surface area (Å²) in [6.07, 6.45) is 0. The Morgan fingerprint density at radius 3 is 2.67 bits per heavy atom. The molecule has 0 aliphatic carbocycles. The molecule has 18 heavy (non-hydrogen) atoms. The van der Waals surface area contributed by atoms with Gasteiger partial charge in [0.25, 0.3) is 0 Å². The van der Waals surface area contributed by atoms with Gasteiger partial charge in [0.05, 0.1) is 10.6 Å². The molecular formula is C11H18FN3O2S. The standard InChI is InChI=1S/C11H18FN3O2S/c1-3-15(2)7-6-14-18(16,17)9-4-5-11(13)10(12)8-9/h4-5,8,14H,3,6-7,13H2,1-2H3. The summed E-state index contributed by atoms with van der Waals surface area (Å²) in [7, 11) is -1.79. The predicted molar refractivity (Wildman–Crippen MR) is 69.2 cm³/mol. The van der Waals surface area contributed by atoms with E-state index in [0.717, 1.165) is 12.6 Å². The van der Waals surface area contributed by atoms with Crippen molar-refractivity contribution in [1.82, 2.24) is 9.62 Å². The SMILES string of the molecule is CCN(C)CCNS(=O)(=O)c1ccc(N)c(F)c1. The third-order valence-corrected chi connectivity index (χ3v) is 4.07. The van der Waals surface area contributed by atoms with Crippen LogP contribution in [0.3, 0.4) is 0 Å². The van der Waals surface area contributed by atoms with Gasteiger partial charge in [-0.2, -0.15) is 0 Å². The number of nitrogens with two attached hydrogens (primary N) is 1. The van der Waals surface area contributed by atoms with Crippen LogP contribution in [-0.4, -0.2) is 40.0 Å². The number of nitrogen functional groups attached to an aromatic ring is 1. The summed E-state index contributed by atoms with van der Waals surface area (Å²) in [4.78, 5) is 1.85. The molecule has 5 nitrogen and oxygen atoms in total. The zero-order valence-corrected chi connectivity index (χ0v) is 11.3. The molecule has 0 bridgehead atoms. The first-order valence-corrected chi connectivity index (χ1v) is 7.08. The van der Waals surface area contributed by atoms with Gasteiger partial charge in [-0.3, -0.25) is 0 Å². The molecule has 0 aliphatic heterocycles. The van der Waals surface area contributed by atoms with E-state index in [1.54, 1.807) is 0 Å². The van der Waals surface area contributed by atoms with Crippen LogP contribution >= 0.6 is 0 Å². The van der Waals surface area contributed by atoms with E-state index in [4.69, 9.17) is 5.73 Å². The lowest BCUT2D eigenvalue weighted by atomic mass is 10.3. The quantitative estimate of drug-likeness (QED) is 0.747. The normalized spacial score (nSPS) is 12.0. The second kappa shape index (κ2) is 6.12. The highest BCUT2D eigenvalue weighted by atomic mass is 32.2. The van der Waals surface area contributed by atoms with Crippen LogP contribution in [0.15, 0.2) is 23.1 Å². The average Bonchev–Trinajstić information content (AvgIpc) is 2.32. The molecule has 0 aromatic heterocycles. The van der Waals surface area contributed by atoms with Crippen LogP contribution in [0.25, 0.3) is 0 Å². The number of hydrogen-bond acceptors (Lipinski definition) is 4. The van der Waals surface area contributed by atoms with Gasteiger partial charge >= 0.3 is 0 Å². The summed E-state index contributed by atoms with van der Waals surface area (Å²) >= 11 is 0. The van der Waals surface area contributed by atoms with Crippen molar-refractivity contribution in [3.8, 4) is 0 Å². The third kappa shape index (κ3) is 3.94. The molecule has 0 fully saturated rings. The lowest BCUT2D eigenvalue weighted by Gasteiger charge is -2.14.